The first kappa shape index (κ1) is 28.7. The van der Waals surface area contributed by atoms with E-state index in [-0.39, 0.29) is 28.6 Å². The molecule has 0 aliphatic carbocycles. The summed E-state index contributed by atoms with van der Waals surface area (Å²) in [6, 6.07) is 20.6. The van der Waals surface area contributed by atoms with E-state index in [1.807, 2.05) is 48.5 Å². The van der Waals surface area contributed by atoms with Gasteiger partial charge in [0.1, 0.15) is 12.6 Å². The summed E-state index contributed by atoms with van der Waals surface area (Å²) in [7, 11) is 0. The van der Waals surface area contributed by atoms with Gasteiger partial charge >= 0.3 is 12.1 Å². The maximum atomic E-state index is 13.0. The van der Waals surface area contributed by atoms with Crippen LogP contribution in [0.5, 0.6) is 0 Å². The average Bonchev–Trinajstić information content (AvgIpc) is 2.91. The van der Waals surface area contributed by atoms with Gasteiger partial charge in [0.05, 0.1) is 21.7 Å². The van der Waals surface area contributed by atoms with Gasteiger partial charge in [0.25, 0.3) is 0 Å². The molecule has 198 valence electrons. The van der Waals surface area contributed by atoms with Crippen LogP contribution in [0.15, 0.2) is 78.9 Å². The third kappa shape index (κ3) is 8.61. The first-order valence-corrected chi connectivity index (χ1v) is 12.5. The van der Waals surface area contributed by atoms with E-state index in [4.69, 9.17) is 32.7 Å². The van der Waals surface area contributed by atoms with Gasteiger partial charge in [0.15, 0.2) is 12.4 Å². The van der Waals surface area contributed by atoms with Gasteiger partial charge in [-0.25, -0.2) is 9.59 Å². The van der Waals surface area contributed by atoms with Crippen molar-refractivity contribution < 1.29 is 28.7 Å². The highest BCUT2D eigenvalue weighted by Gasteiger charge is 2.26. The number of ketones is 1. The molecule has 8 nitrogen and oxygen atoms in total. The average molecular weight is 557 g/mol. The molecule has 0 aromatic heterocycles. The first-order valence-electron chi connectivity index (χ1n) is 11.7. The minimum absolute atomic E-state index is 0.0298. The lowest BCUT2D eigenvalue weighted by Gasteiger charge is -2.21. The van der Waals surface area contributed by atoms with E-state index in [0.717, 1.165) is 11.1 Å². The molecule has 2 atom stereocenters. The second-order valence-electron chi connectivity index (χ2n) is 8.32. The zero-order valence-corrected chi connectivity index (χ0v) is 22.0. The Morgan fingerprint density at radius 3 is 1.95 bits per heavy atom. The van der Waals surface area contributed by atoms with Crippen molar-refractivity contribution in [2.24, 2.45) is 0 Å². The molecule has 0 aliphatic heterocycles. The lowest BCUT2D eigenvalue weighted by molar-refractivity contribution is -0.130. The molecule has 3 aromatic rings. The molecule has 0 saturated heterocycles. The monoisotopic (exact) mass is 556 g/mol. The van der Waals surface area contributed by atoms with Crippen LogP contribution in [-0.2, 0) is 32.1 Å². The summed E-state index contributed by atoms with van der Waals surface area (Å²) < 4.78 is 10.3. The lowest BCUT2D eigenvalue weighted by atomic mass is 10.0. The molecule has 0 spiro atoms. The largest absolute Gasteiger partial charge is 0.454 e. The van der Waals surface area contributed by atoms with Crippen LogP contribution in [0.1, 0.15) is 28.4 Å². The molecule has 0 fully saturated rings. The zero-order valence-electron chi connectivity index (χ0n) is 20.5. The van der Waals surface area contributed by atoms with Crippen LogP contribution in [0.25, 0.3) is 0 Å². The second-order valence-corrected chi connectivity index (χ2v) is 9.13. The summed E-state index contributed by atoms with van der Waals surface area (Å²) in [5.74, 6) is -2.04. The Labute approximate surface area is 230 Å². The Hall–Kier alpha value is -3.88. The number of esters is 1. The molecule has 3 aromatic carbocycles. The van der Waals surface area contributed by atoms with E-state index in [1.54, 1.807) is 18.2 Å². The molecule has 3 rings (SSSR count). The Bertz CT molecular complexity index is 1250. The Morgan fingerprint density at radius 2 is 1.34 bits per heavy atom. The van der Waals surface area contributed by atoms with Gasteiger partial charge in [-0.2, -0.15) is 0 Å². The van der Waals surface area contributed by atoms with Crippen molar-refractivity contribution in [2.45, 2.75) is 32.0 Å². The topological polar surface area (TPSA) is 111 Å². The third-order valence-corrected chi connectivity index (χ3v) is 6.09. The van der Waals surface area contributed by atoms with E-state index >= 15 is 0 Å². The third-order valence-electron chi connectivity index (χ3n) is 5.46. The smallest absolute Gasteiger partial charge is 0.408 e. The number of nitrogens with one attached hydrogen (secondary N) is 2. The maximum Gasteiger partial charge on any atom is 0.408 e. The van der Waals surface area contributed by atoms with Gasteiger partial charge < -0.3 is 20.1 Å². The lowest BCUT2D eigenvalue weighted by Crippen LogP contribution is -2.52. The number of carbonyl (C=O) groups is 4. The number of carbonyl (C=O) groups excluding carboxylic acids is 4. The van der Waals surface area contributed by atoms with Crippen LogP contribution in [0.4, 0.5) is 4.79 Å². The van der Waals surface area contributed by atoms with E-state index in [2.05, 4.69) is 10.6 Å². The minimum atomic E-state index is -1.03. The van der Waals surface area contributed by atoms with Crippen molar-refractivity contribution in [3.63, 3.8) is 0 Å². The summed E-state index contributed by atoms with van der Waals surface area (Å²) >= 11 is 12.0. The van der Waals surface area contributed by atoms with Crippen LogP contribution in [-0.4, -0.2) is 42.4 Å². The van der Waals surface area contributed by atoms with Gasteiger partial charge in [-0.3, -0.25) is 9.59 Å². The summed E-state index contributed by atoms with van der Waals surface area (Å²) in [6.45, 7) is 0.865. The molecule has 38 heavy (non-hydrogen) atoms. The van der Waals surface area contributed by atoms with Crippen LogP contribution in [0.3, 0.4) is 0 Å². The predicted octanol–water partition coefficient (Wildman–Crippen LogP) is 4.76. The predicted molar refractivity (Wildman–Crippen MR) is 143 cm³/mol. The molecule has 0 heterocycles. The van der Waals surface area contributed by atoms with Gasteiger partial charge in [0, 0.05) is 6.42 Å². The number of halogens is 2. The highest BCUT2D eigenvalue weighted by atomic mass is 35.5. The van der Waals surface area contributed by atoms with Gasteiger partial charge in [0.2, 0.25) is 5.91 Å². The molecule has 0 aliphatic rings. The molecule has 2 N–H and O–H groups in total. The summed E-state index contributed by atoms with van der Waals surface area (Å²) in [4.78, 5) is 50.4. The molecule has 0 unspecified atom stereocenters. The van der Waals surface area contributed by atoms with E-state index in [0.29, 0.717) is 0 Å². The van der Waals surface area contributed by atoms with E-state index in [9.17, 15) is 19.2 Å². The van der Waals surface area contributed by atoms with Crippen LogP contribution in [0.2, 0.25) is 10.0 Å². The van der Waals surface area contributed by atoms with Crippen LogP contribution >= 0.6 is 23.2 Å². The highest BCUT2D eigenvalue weighted by molar-refractivity contribution is 6.39. The SMILES string of the molecule is C[C@H](NC(=O)[C@H](Cc1ccccc1)NC(=O)OCc1ccccc1)C(=O)COC(=O)c1c(Cl)cccc1Cl. The Balaban J connectivity index is 1.59. The summed E-state index contributed by atoms with van der Waals surface area (Å²) in [6.07, 6.45) is -0.622. The Kier molecular flexibility index (Phi) is 10.7. The molecule has 0 saturated carbocycles. The molecule has 10 heteroatoms. The molecular weight excluding hydrogens is 531 g/mol. The van der Waals surface area contributed by atoms with Crippen molar-refractivity contribution in [1.29, 1.82) is 0 Å². The second kappa shape index (κ2) is 14.2. The number of benzene rings is 3. The summed E-state index contributed by atoms with van der Waals surface area (Å²) in [5.41, 5.74) is 1.53. The number of alkyl carbamates (subject to hydrolysis) is 1. The van der Waals surface area contributed by atoms with E-state index < -0.39 is 42.4 Å². The molecule has 0 bridgehead atoms. The fourth-order valence-corrected chi connectivity index (χ4v) is 3.94. The number of amides is 2. The fraction of sp³-hybridized carbons (Fsp3) is 0.214. The van der Waals surface area contributed by atoms with Crippen molar-refractivity contribution >= 4 is 47.0 Å². The fourth-order valence-electron chi connectivity index (χ4n) is 3.39. The summed E-state index contributed by atoms with van der Waals surface area (Å²) in [5, 5.41) is 5.30. The normalized spacial score (nSPS) is 12.1. The number of Topliss-reactive ketones (excluding diaryl/α,β-unsaturated/α-hetero) is 1. The van der Waals surface area contributed by atoms with Crippen molar-refractivity contribution in [2.75, 3.05) is 6.61 Å². The van der Waals surface area contributed by atoms with E-state index in [1.165, 1.54) is 19.1 Å². The standard InChI is InChI=1S/C28H26Cl2N2O6/c1-18(24(33)17-37-27(35)25-21(29)13-8-14-22(25)30)31-26(34)23(15-19-9-4-2-5-10-19)32-28(36)38-16-20-11-6-3-7-12-20/h2-14,18,23H,15-17H2,1H3,(H,31,34)(H,32,36)/t18-,23-/m0/s1. The Morgan fingerprint density at radius 1 is 0.763 bits per heavy atom. The molecule has 2 amide bonds. The zero-order chi connectivity index (χ0) is 27.5. The number of hydrogen-bond donors (Lipinski definition) is 2. The van der Waals surface area contributed by atoms with Gasteiger partial charge in [-0.1, -0.05) is 89.9 Å². The van der Waals surface area contributed by atoms with Crippen LogP contribution in [0, 0.1) is 0 Å². The molecular formula is C28H26Cl2N2O6. The van der Waals surface area contributed by atoms with Crippen molar-refractivity contribution in [3.8, 4) is 0 Å². The maximum absolute atomic E-state index is 13.0. The number of hydrogen-bond acceptors (Lipinski definition) is 6. The number of ether oxygens (including phenoxy) is 2. The van der Waals surface area contributed by atoms with Crippen molar-refractivity contribution in [1.82, 2.24) is 10.6 Å². The highest BCUT2D eigenvalue weighted by Crippen LogP contribution is 2.24. The van der Waals surface area contributed by atoms with Gasteiger partial charge in [-0.05, 0) is 30.2 Å². The number of rotatable bonds is 11. The van der Waals surface area contributed by atoms with Crippen LogP contribution < -0.4 is 10.6 Å². The molecule has 0 radical (unpaired) electrons. The minimum Gasteiger partial charge on any atom is -0.454 e. The first-order chi connectivity index (χ1) is 18.2. The quantitative estimate of drug-likeness (QED) is 0.329. The van der Waals surface area contributed by atoms with Gasteiger partial charge in [-0.15, -0.1) is 0 Å². The van der Waals surface area contributed by atoms with Crippen molar-refractivity contribution in [3.05, 3.63) is 106 Å².